The zero-order valence-corrected chi connectivity index (χ0v) is 14.4. The molecular formula is C19H19ClFN3O. The van der Waals surface area contributed by atoms with Gasteiger partial charge in [-0.1, -0.05) is 23.7 Å². The molecule has 2 aliphatic rings. The predicted molar refractivity (Wildman–Crippen MR) is 93.2 cm³/mol. The van der Waals surface area contributed by atoms with Gasteiger partial charge >= 0.3 is 0 Å². The molecule has 25 heavy (non-hydrogen) atoms. The summed E-state index contributed by atoms with van der Waals surface area (Å²) in [5.74, 6) is 0.654. The van der Waals surface area contributed by atoms with Gasteiger partial charge in [-0.05, 0) is 36.1 Å². The average Bonchev–Trinajstić information content (AvgIpc) is 3.12. The molecule has 4 nitrogen and oxygen atoms in total. The first kappa shape index (κ1) is 16.5. The molecule has 0 bridgehead atoms. The van der Waals surface area contributed by atoms with E-state index in [0.29, 0.717) is 35.5 Å². The van der Waals surface area contributed by atoms with Crippen LogP contribution in [0.3, 0.4) is 0 Å². The topological polar surface area (TPSA) is 45.2 Å². The summed E-state index contributed by atoms with van der Waals surface area (Å²) in [5, 5.41) is 3.43. The number of benzene rings is 1. The van der Waals surface area contributed by atoms with Crippen molar-refractivity contribution < 1.29 is 9.18 Å². The first-order chi connectivity index (χ1) is 12.1. The smallest absolute Gasteiger partial charge is 0.224 e. The summed E-state index contributed by atoms with van der Waals surface area (Å²) in [7, 11) is 0. The van der Waals surface area contributed by atoms with Crippen LogP contribution >= 0.6 is 11.6 Å². The van der Waals surface area contributed by atoms with E-state index in [1.807, 2.05) is 18.2 Å². The van der Waals surface area contributed by atoms with E-state index in [9.17, 15) is 9.18 Å². The van der Waals surface area contributed by atoms with E-state index in [4.69, 9.17) is 11.6 Å². The molecule has 1 saturated heterocycles. The van der Waals surface area contributed by atoms with Crippen molar-refractivity contribution in [3.05, 3.63) is 64.7 Å². The van der Waals surface area contributed by atoms with Gasteiger partial charge in [-0.15, -0.1) is 0 Å². The second-order valence-corrected chi connectivity index (χ2v) is 7.19. The molecule has 130 valence electrons. The zero-order chi connectivity index (χ0) is 17.4. The molecule has 3 atom stereocenters. The van der Waals surface area contributed by atoms with Crippen LogP contribution in [0.2, 0.25) is 5.02 Å². The Labute approximate surface area is 151 Å². The number of nitrogens with one attached hydrogen (secondary N) is 1. The molecular weight excluding hydrogens is 341 g/mol. The van der Waals surface area contributed by atoms with Crippen LogP contribution in [0.4, 0.5) is 4.39 Å². The van der Waals surface area contributed by atoms with Gasteiger partial charge in [-0.2, -0.15) is 0 Å². The van der Waals surface area contributed by atoms with Crippen molar-refractivity contribution in [2.75, 3.05) is 13.1 Å². The van der Waals surface area contributed by atoms with Crippen molar-refractivity contribution >= 4 is 17.5 Å². The van der Waals surface area contributed by atoms with Crippen LogP contribution in [-0.2, 0) is 17.9 Å². The number of nitrogens with zero attached hydrogens (tertiary/aromatic N) is 2. The first-order valence-corrected chi connectivity index (χ1v) is 8.84. The highest BCUT2D eigenvalue weighted by Crippen LogP contribution is 2.52. The lowest BCUT2D eigenvalue weighted by Gasteiger charge is -2.20. The molecule has 6 heteroatoms. The Kier molecular flexibility index (Phi) is 4.44. The number of amides is 1. The molecule has 4 rings (SSSR count). The molecule has 2 fully saturated rings. The highest BCUT2D eigenvalue weighted by Gasteiger charge is 2.59. The normalized spacial score (nSPS) is 24.8. The molecule has 2 aromatic rings. The van der Waals surface area contributed by atoms with Crippen LogP contribution in [-0.4, -0.2) is 28.9 Å². The molecule has 1 N–H and O–H groups in total. The highest BCUT2D eigenvalue weighted by atomic mass is 35.5. The van der Waals surface area contributed by atoms with E-state index >= 15 is 0 Å². The van der Waals surface area contributed by atoms with E-state index in [2.05, 4.69) is 15.2 Å². The number of pyridine rings is 1. The third-order valence-electron chi connectivity index (χ3n) is 5.19. The monoisotopic (exact) mass is 359 g/mol. The summed E-state index contributed by atoms with van der Waals surface area (Å²) in [6.07, 6.45) is 1.72. The van der Waals surface area contributed by atoms with Gasteiger partial charge in [0.05, 0.1) is 12.2 Å². The highest BCUT2D eigenvalue weighted by molar-refractivity contribution is 6.31. The maximum atomic E-state index is 13.9. The van der Waals surface area contributed by atoms with Gasteiger partial charge in [-0.3, -0.25) is 14.7 Å². The van der Waals surface area contributed by atoms with Crippen molar-refractivity contribution in [3.63, 3.8) is 0 Å². The minimum absolute atomic E-state index is 0.0797. The Balaban J connectivity index is 1.28. The molecule has 2 heterocycles. The third kappa shape index (κ3) is 3.39. The number of halogens is 2. The Bertz CT molecular complexity index is 753. The fourth-order valence-electron chi connectivity index (χ4n) is 3.84. The quantitative estimate of drug-likeness (QED) is 0.892. The number of piperidine rings is 1. The maximum absolute atomic E-state index is 13.9. The Morgan fingerprint density at radius 1 is 1.24 bits per heavy atom. The number of carbonyl (C=O) groups excluding carboxylic acids is 1. The first-order valence-electron chi connectivity index (χ1n) is 8.46. The van der Waals surface area contributed by atoms with Gasteiger partial charge in [0.2, 0.25) is 5.91 Å². The largest absolute Gasteiger partial charge is 0.350 e. The minimum atomic E-state index is -0.266. The maximum Gasteiger partial charge on any atom is 0.224 e. The summed E-state index contributed by atoms with van der Waals surface area (Å²) in [6, 6.07) is 10.4. The summed E-state index contributed by atoms with van der Waals surface area (Å²) in [4.78, 5) is 18.7. The van der Waals surface area contributed by atoms with Gasteiger partial charge in [0.15, 0.2) is 0 Å². The van der Waals surface area contributed by atoms with Crippen LogP contribution < -0.4 is 5.32 Å². The Hall–Kier alpha value is -1.98. The molecule has 1 saturated carbocycles. The van der Waals surface area contributed by atoms with Crippen LogP contribution in [0.5, 0.6) is 0 Å². The zero-order valence-electron chi connectivity index (χ0n) is 13.7. The van der Waals surface area contributed by atoms with Crippen molar-refractivity contribution in [3.8, 4) is 0 Å². The van der Waals surface area contributed by atoms with Crippen LogP contribution in [0.15, 0.2) is 42.6 Å². The van der Waals surface area contributed by atoms with E-state index < -0.39 is 0 Å². The van der Waals surface area contributed by atoms with Crippen LogP contribution in [0, 0.1) is 23.6 Å². The molecule has 0 spiro atoms. The molecule has 1 aliphatic carbocycles. The van der Waals surface area contributed by atoms with Crippen LogP contribution in [0.1, 0.15) is 11.3 Å². The van der Waals surface area contributed by atoms with Crippen LogP contribution in [0.25, 0.3) is 0 Å². The van der Waals surface area contributed by atoms with Crippen molar-refractivity contribution in [2.45, 2.75) is 13.1 Å². The molecule has 1 aromatic heterocycles. The fraction of sp³-hybridized carbons (Fsp3) is 0.368. The Morgan fingerprint density at radius 2 is 2.04 bits per heavy atom. The summed E-state index contributed by atoms with van der Waals surface area (Å²) < 4.78 is 13.9. The van der Waals surface area contributed by atoms with E-state index in [-0.39, 0.29) is 17.6 Å². The molecule has 0 radical (unpaired) electrons. The number of fused-ring (bicyclic) bond motifs is 1. The molecule has 1 aliphatic heterocycles. The minimum Gasteiger partial charge on any atom is -0.350 e. The second kappa shape index (κ2) is 6.73. The lowest BCUT2D eigenvalue weighted by Crippen LogP contribution is -2.31. The third-order valence-corrected chi connectivity index (χ3v) is 5.54. The SMILES string of the molecule is O=C(NCc1ccccn1)C1[C@H]2CN(Cc3c(F)cccc3Cl)C[C@@H]12. The van der Waals surface area contributed by atoms with Crippen molar-refractivity contribution in [1.82, 2.24) is 15.2 Å². The van der Waals surface area contributed by atoms with Gasteiger partial charge in [0.25, 0.3) is 0 Å². The number of rotatable bonds is 5. The van der Waals surface area contributed by atoms with Gasteiger partial charge in [0, 0.05) is 42.3 Å². The predicted octanol–water partition coefficient (Wildman–Crippen LogP) is 2.87. The number of hydrogen-bond acceptors (Lipinski definition) is 3. The number of carbonyl (C=O) groups is 1. The van der Waals surface area contributed by atoms with Crippen molar-refractivity contribution in [1.29, 1.82) is 0 Å². The molecule has 1 amide bonds. The van der Waals surface area contributed by atoms with Gasteiger partial charge < -0.3 is 5.32 Å². The van der Waals surface area contributed by atoms with E-state index in [0.717, 1.165) is 18.8 Å². The van der Waals surface area contributed by atoms with E-state index in [1.165, 1.54) is 6.07 Å². The molecule has 1 aromatic carbocycles. The second-order valence-electron chi connectivity index (χ2n) is 6.79. The summed E-state index contributed by atoms with van der Waals surface area (Å²) in [5.41, 5.74) is 1.40. The van der Waals surface area contributed by atoms with Crippen molar-refractivity contribution in [2.24, 2.45) is 17.8 Å². The lowest BCUT2D eigenvalue weighted by atomic mass is 10.1. The number of hydrogen-bond donors (Lipinski definition) is 1. The lowest BCUT2D eigenvalue weighted by molar-refractivity contribution is -0.123. The number of likely N-dealkylation sites (tertiary alicyclic amines) is 1. The fourth-order valence-corrected chi connectivity index (χ4v) is 4.06. The van der Waals surface area contributed by atoms with Gasteiger partial charge in [0.1, 0.15) is 5.82 Å². The van der Waals surface area contributed by atoms with Gasteiger partial charge in [-0.25, -0.2) is 4.39 Å². The average molecular weight is 360 g/mol. The Morgan fingerprint density at radius 3 is 2.72 bits per heavy atom. The molecule has 1 unspecified atom stereocenters. The van der Waals surface area contributed by atoms with E-state index in [1.54, 1.807) is 18.3 Å². The standard InChI is InChI=1S/C19H19ClFN3O/c20-16-5-3-6-17(21)15(16)11-24-9-13-14(10-24)18(13)19(25)23-8-12-4-1-2-7-22-12/h1-7,13-14,18H,8-11H2,(H,23,25)/t13-,14+,18?. The number of aromatic nitrogens is 1. The summed E-state index contributed by atoms with van der Waals surface area (Å²) >= 11 is 6.10. The summed E-state index contributed by atoms with van der Waals surface area (Å²) in [6.45, 7) is 2.60.